The van der Waals surface area contributed by atoms with Gasteiger partial charge in [-0.25, -0.2) is 0 Å². The smallest absolute Gasteiger partial charge is 0.246 e. The summed E-state index contributed by atoms with van der Waals surface area (Å²) in [4.78, 5) is 36.2. The van der Waals surface area contributed by atoms with E-state index < -0.39 is 6.04 Å². The van der Waals surface area contributed by atoms with Crippen LogP contribution in [0, 0.1) is 5.41 Å². The van der Waals surface area contributed by atoms with Crippen molar-refractivity contribution in [1.29, 1.82) is 0 Å². The summed E-state index contributed by atoms with van der Waals surface area (Å²) in [5.41, 5.74) is -0.376. The average molecular weight is 254 g/mol. The molecule has 2 atom stereocenters. The van der Waals surface area contributed by atoms with E-state index in [0.29, 0.717) is 13.0 Å². The van der Waals surface area contributed by atoms with Crippen LogP contribution in [0.25, 0.3) is 0 Å². The molecule has 1 saturated heterocycles. The van der Waals surface area contributed by atoms with Crippen molar-refractivity contribution >= 4 is 18.1 Å². The number of carbonyl (C=O) groups excluding carboxylic acids is 3. The Hall–Kier alpha value is -1.39. The second-order valence-corrected chi connectivity index (χ2v) is 5.88. The van der Waals surface area contributed by atoms with Gasteiger partial charge < -0.3 is 15.0 Å². The summed E-state index contributed by atoms with van der Waals surface area (Å²) >= 11 is 0. The highest BCUT2D eigenvalue weighted by Crippen LogP contribution is 2.24. The fourth-order valence-corrected chi connectivity index (χ4v) is 2.23. The minimum atomic E-state index is -0.587. The number of hydrogen-bond donors (Lipinski definition) is 1. The number of aldehydes is 1. The molecule has 1 aliphatic rings. The summed E-state index contributed by atoms with van der Waals surface area (Å²) in [5.74, 6) is -0.391. The van der Waals surface area contributed by atoms with Crippen LogP contribution in [-0.4, -0.2) is 41.6 Å². The Balaban J connectivity index is 2.88. The fourth-order valence-electron chi connectivity index (χ4n) is 2.23. The molecule has 1 heterocycles. The summed E-state index contributed by atoms with van der Waals surface area (Å²) in [6.07, 6.45) is 2.37. The van der Waals surface area contributed by atoms with Gasteiger partial charge in [0.25, 0.3) is 0 Å². The molecule has 1 fully saturated rings. The predicted molar refractivity (Wildman–Crippen MR) is 67.9 cm³/mol. The predicted octanol–water partition coefficient (Wildman–Crippen LogP) is 0.727. The summed E-state index contributed by atoms with van der Waals surface area (Å²) in [6.45, 7) is 7.69. The van der Waals surface area contributed by atoms with Crippen molar-refractivity contribution in [2.75, 3.05) is 6.54 Å². The van der Waals surface area contributed by atoms with Crippen molar-refractivity contribution in [3.8, 4) is 0 Å². The van der Waals surface area contributed by atoms with Crippen LogP contribution in [-0.2, 0) is 14.4 Å². The number of likely N-dealkylation sites (tertiary alicyclic amines) is 1. The highest BCUT2D eigenvalue weighted by atomic mass is 16.2. The number of rotatable bonds is 3. The van der Waals surface area contributed by atoms with E-state index >= 15 is 0 Å². The zero-order chi connectivity index (χ0) is 13.9. The van der Waals surface area contributed by atoms with E-state index in [9.17, 15) is 14.4 Å². The second kappa shape index (κ2) is 5.50. The maximum absolute atomic E-state index is 12.4. The highest BCUT2D eigenvalue weighted by Gasteiger charge is 2.38. The van der Waals surface area contributed by atoms with Crippen LogP contribution in [0.1, 0.15) is 40.5 Å². The van der Waals surface area contributed by atoms with Crippen LogP contribution in [0.3, 0.4) is 0 Å². The lowest BCUT2D eigenvalue weighted by Crippen LogP contribution is -2.55. The normalized spacial score (nSPS) is 21.6. The molecule has 1 unspecified atom stereocenters. The largest absolute Gasteiger partial charge is 0.344 e. The molecule has 1 N–H and O–H groups in total. The van der Waals surface area contributed by atoms with Gasteiger partial charge in [-0.2, -0.15) is 0 Å². The molecule has 1 rings (SSSR count). The minimum absolute atomic E-state index is 0.160. The molecule has 102 valence electrons. The van der Waals surface area contributed by atoms with Crippen molar-refractivity contribution in [2.24, 2.45) is 5.41 Å². The first-order valence-corrected chi connectivity index (χ1v) is 6.30. The van der Waals surface area contributed by atoms with Crippen molar-refractivity contribution in [3.63, 3.8) is 0 Å². The topological polar surface area (TPSA) is 66.5 Å². The molecule has 0 spiro atoms. The Bertz CT molecular complexity index is 347. The molecule has 18 heavy (non-hydrogen) atoms. The molecule has 5 heteroatoms. The lowest BCUT2D eigenvalue weighted by molar-refractivity contribution is -0.141. The first kappa shape index (κ1) is 14.7. The SMILES string of the molecule is CC(=O)N[C@H](C(=O)N1CCCC1C=O)C(C)(C)C. The van der Waals surface area contributed by atoms with Gasteiger partial charge in [0.1, 0.15) is 12.3 Å². The molecule has 0 aliphatic carbocycles. The summed E-state index contributed by atoms with van der Waals surface area (Å²) in [7, 11) is 0. The van der Waals surface area contributed by atoms with E-state index in [1.165, 1.54) is 6.92 Å². The van der Waals surface area contributed by atoms with E-state index in [-0.39, 0.29) is 23.3 Å². The molecule has 5 nitrogen and oxygen atoms in total. The molecule has 1 aliphatic heterocycles. The molecule has 0 saturated carbocycles. The van der Waals surface area contributed by atoms with Crippen molar-refractivity contribution < 1.29 is 14.4 Å². The Morgan fingerprint density at radius 1 is 1.39 bits per heavy atom. The average Bonchev–Trinajstić information content (AvgIpc) is 2.71. The van der Waals surface area contributed by atoms with Crippen molar-refractivity contribution in [2.45, 2.75) is 52.6 Å². The molecule has 0 radical (unpaired) electrons. The standard InChI is InChI=1S/C13H22N2O3/c1-9(17)14-11(13(2,3)4)12(18)15-7-5-6-10(15)8-16/h8,10-11H,5-7H2,1-4H3,(H,14,17)/t10?,11-/m1/s1. The molecule has 0 bridgehead atoms. The van der Waals surface area contributed by atoms with E-state index in [1.54, 1.807) is 4.90 Å². The van der Waals surface area contributed by atoms with Crippen LogP contribution in [0.2, 0.25) is 0 Å². The van der Waals surface area contributed by atoms with Gasteiger partial charge in [0.05, 0.1) is 6.04 Å². The molecule has 0 aromatic rings. The van der Waals surface area contributed by atoms with Gasteiger partial charge in [-0.1, -0.05) is 20.8 Å². The Morgan fingerprint density at radius 3 is 2.44 bits per heavy atom. The second-order valence-electron chi connectivity index (χ2n) is 5.88. The first-order valence-electron chi connectivity index (χ1n) is 6.30. The van der Waals surface area contributed by atoms with E-state index in [4.69, 9.17) is 0 Å². The Morgan fingerprint density at radius 2 is 2.00 bits per heavy atom. The van der Waals surface area contributed by atoms with Gasteiger partial charge in [-0.05, 0) is 18.3 Å². The maximum atomic E-state index is 12.4. The van der Waals surface area contributed by atoms with Crippen LogP contribution in [0.4, 0.5) is 0 Å². The van der Waals surface area contributed by atoms with E-state index in [0.717, 1.165) is 12.7 Å². The molecule has 0 aromatic heterocycles. The van der Waals surface area contributed by atoms with E-state index in [2.05, 4.69) is 5.32 Å². The molecular formula is C13H22N2O3. The lowest BCUT2D eigenvalue weighted by atomic mass is 9.85. The lowest BCUT2D eigenvalue weighted by Gasteiger charge is -2.34. The third-order valence-corrected chi connectivity index (χ3v) is 3.20. The van der Waals surface area contributed by atoms with Crippen LogP contribution >= 0.6 is 0 Å². The molecule has 0 aromatic carbocycles. The third kappa shape index (κ3) is 3.31. The van der Waals surface area contributed by atoms with Crippen LogP contribution < -0.4 is 5.32 Å². The summed E-state index contributed by atoms with van der Waals surface area (Å²) < 4.78 is 0. The first-order chi connectivity index (χ1) is 8.27. The van der Waals surface area contributed by atoms with Crippen molar-refractivity contribution in [1.82, 2.24) is 10.2 Å². The summed E-state index contributed by atoms with van der Waals surface area (Å²) in [6, 6.07) is -0.924. The zero-order valence-electron chi connectivity index (χ0n) is 11.5. The van der Waals surface area contributed by atoms with Gasteiger partial charge in [-0.3, -0.25) is 9.59 Å². The quantitative estimate of drug-likeness (QED) is 0.755. The van der Waals surface area contributed by atoms with Gasteiger partial charge >= 0.3 is 0 Å². The van der Waals surface area contributed by atoms with Gasteiger partial charge in [0.2, 0.25) is 11.8 Å². The van der Waals surface area contributed by atoms with Crippen LogP contribution in [0.5, 0.6) is 0 Å². The van der Waals surface area contributed by atoms with Gasteiger partial charge in [0, 0.05) is 13.5 Å². The number of nitrogens with zero attached hydrogens (tertiary/aromatic N) is 1. The van der Waals surface area contributed by atoms with Crippen LogP contribution in [0.15, 0.2) is 0 Å². The summed E-state index contributed by atoms with van der Waals surface area (Å²) in [5, 5.41) is 2.70. The molecular weight excluding hydrogens is 232 g/mol. The fraction of sp³-hybridized carbons (Fsp3) is 0.769. The monoisotopic (exact) mass is 254 g/mol. The Labute approximate surface area is 108 Å². The highest BCUT2D eigenvalue weighted by molar-refractivity contribution is 5.89. The van der Waals surface area contributed by atoms with Gasteiger partial charge in [0.15, 0.2) is 0 Å². The third-order valence-electron chi connectivity index (χ3n) is 3.20. The zero-order valence-corrected chi connectivity index (χ0v) is 11.5. The Kier molecular flexibility index (Phi) is 4.48. The molecule has 2 amide bonds. The number of hydrogen-bond acceptors (Lipinski definition) is 3. The maximum Gasteiger partial charge on any atom is 0.246 e. The number of nitrogens with one attached hydrogen (secondary N) is 1. The van der Waals surface area contributed by atoms with E-state index in [1.807, 2.05) is 20.8 Å². The minimum Gasteiger partial charge on any atom is -0.344 e. The van der Waals surface area contributed by atoms with Crippen molar-refractivity contribution in [3.05, 3.63) is 0 Å². The van der Waals surface area contributed by atoms with Gasteiger partial charge in [-0.15, -0.1) is 0 Å². The number of carbonyl (C=O) groups is 3. The number of amides is 2.